The van der Waals surface area contributed by atoms with E-state index >= 15 is 0 Å². The van der Waals surface area contributed by atoms with Crippen molar-refractivity contribution in [3.8, 4) is 0 Å². The molecule has 0 bridgehead atoms. The van der Waals surface area contributed by atoms with Gasteiger partial charge >= 0.3 is 5.97 Å². The lowest BCUT2D eigenvalue weighted by atomic mass is 10.2. The molecule has 0 amide bonds. The molecule has 1 aromatic carbocycles. The van der Waals surface area contributed by atoms with E-state index in [9.17, 15) is 9.18 Å². The lowest BCUT2D eigenvalue weighted by Gasteiger charge is -2.11. The summed E-state index contributed by atoms with van der Waals surface area (Å²) in [4.78, 5) is 10.7. The summed E-state index contributed by atoms with van der Waals surface area (Å²) in [7, 11) is 0. The van der Waals surface area contributed by atoms with Crippen LogP contribution < -0.4 is 5.32 Å². The Kier molecular flexibility index (Phi) is 4.24. The highest BCUT2D eigenvalue weighted by Gasteiger charge is 2.13. The van der Waals surface area contributed by atoms with Gasteiger partial charge in [0.15, 0.2) is 0 Å². The van der Waals surface area contributed by atoms with Crippen LogP contribution in [0.4, 0.5) is 4.39 Å². The molecule has 1 aromatic rings. The summed E-state index contributed by atoms with van der Waals surface area (Å²) in [5, 5.41) is 11.7. The molecule has 1 rings (SSSR count). The van der Waals surface area contributed by atoms with Gasteiger partial charge in [-0.3, -0.25) is 4.79 Å². The van der Waals surface area contributed by atoms with E-state index in [1.807, 2.05) is 0 Å². The monoisotopic (exact) mass is 211 g/mol. The molecule has 0 saturated carbocycles. The summed E-state index contributed by atoms with van der Waals surface area (Å²) in [5.41, 5.74) is 0.871. The molecule has 1 atom stereocenters. The number of hydrogen-bond donors (Lipinski definition) is 2. The van der Waals surface area contributed by atoms with Crippen LogP contribution >= 0.6 is 0 Å². The molecule has 1 unspecified atom stereocenters. The number of rotatable bonds is 5. The molecule has 0 saturated heterocycles. The van der Waals surface area contributed by atoms with E-state index in [1.165, 1.54) is 12.1 Å². The Bertz CT molecular complexity index is 324. The third-order valence-corrected chi connectivity index (χ3v) is 2.17. The van der Waals surface area contributed by atoms with Gasteiger partial charge in [-0.2, -0.15) is 0 Å². The van der Waals surface area contributed by atoms with E-state index in [-0.39, 0.29) is 5.82 Å². The molecule has 0 heterocycles. The SMILES string of the molecule is CCC(NCc1ccc(F)cc1)C(=O)O. The number of carboxylic acid groups (broad SMARTS) is 1. The Morgan fingerprint density at radius 3 is 2.53 bits per heavy atom. The van der Waals surface area contributed by atoms with Crippen molar-refractivity contribution < 1.29 is 14.3 Å². The summed E-state index contributed by atoms with van der Waals surface area (Å²) in [5.74, 6) is -1.15. The summed E-state index contributed by atoms with van der Waals surface area (Å²) < 4.78 is 12.6. The first kappa shape index (κ1) is 11.7. The van der Waals surface area contributed by atoms with Gasteiger partial charge < -0.3 is 10.4 Å². The molecule has 0 aliphatic heterocycles. The summed E-state index contributed by atoms with van der Waals surface area (Å²) >= 11 is 0. The summed E-state index contributed by atoms with van der Waals surface area (Å²) in [6, 6.07) is 5.45. The second kappa shape index (κ2) is 5.46. The molecule has 0 aliphatic carbocycles. The van der Waals surface area contributed by atoms with Crippen molar-refractivity contribution in [3.63, 3.8) is 0 Å². The molecular formula is C11H14FNO2. The third kappa shape index (κ3) is 3.67. The van der Waals surface area contributed by atoms with Crippen LogP contribution in [-0.4, -0.2) is 17.1 Å². The smallest absolute Gasteiger partial charge is 0.320 e. The van der Waals surface area contributed by atoms with Crippen molar-refractivity contribution in [1.29, 1.82) is 0 Å². The van der Waals surface area contributed by atoms with Gasteiger partial charge in [-0.25, -0.2) is 4.39 Å². The standard InChI is InChI=1S/C11H14FNO2/c1-2-10(11(14)15)13-7-8-3-5-9(12)6-4-8/h3-6,10,13H,2,7H2,1H3,(H,14,15). The van der Waals surface area contributed by atoms with Gasteiger partial charge in [0, 0.05) is 6.54 Å². The second-order valence-corrected chi connectivity index (χ2v) is 3.31. The van der Waals surface area contributed by atoms with Crippen molar-refractivity contribution >= 4 is 5.97 Å². The van der Waals surface area contributed by atoms with Crippen LogP contribution in [0.1, 0.15) is 18.9 Å². The molecule has 4 heteroatoms. The molecular weight excluding hydrogens is 197 g/mol. The van der Waals surface area contributed by atoms with Crippen LogP contribution in [0.2, 0.25) is 0 Å². The number of hydrogen-bond acceptors (Lipinski definition) is 2. The first-order valence-corrected chi connectivity index (χ1v) is 4.84. The predicted octanol–water partition coefficient (Wildman–Crippen LogP) is 1.78. The number of aliphatic carboxylic acids is 1. The van der Waals surface area contributed by atoms with Crippen molar-refractivity contribution in [3.05, 3.63) is 35.6 Å². The fraction of sp³-hybridized carbons (Fsp3) is 0.364. The van der Waals surface area contributed by atoms with Gasteiger partial charge in [0.05, 0.1) is 0 Å². The Balaban J connectivity index is 2.49. The largest absolute Gasteiger partial charge is 0.480 e. The lowest BCUT2D eigenvalue weighted by Crippen LogP contribution is -2.35. The summed E-state index contributed by atoms with van der Waals surface area (Å²) in [6.45, 7) is 2.24. The number of halogens is 1. The fourth-order valence-electron chi connectivity index (χ4n) is 1.25. The van der Waals surface area contributed by atoms with E-state index < -0.39 is 12.0 Å². The zero-order valence-electron chi connectivity index (χ0n) is 8.53. The molecule has 82 valence electrons. The first-order valence-electron chi connectivity index (χ1n) is 4.84. The molecule has 0 fully saturated rings. The van der Waals surface area contributed by atoms with Gasteiger partial charge in [0.2, 0.25) is 0 Å². The maximum absolute atomic E-state index is 12.6. The number of benzene rings is 1. The molecule has 0 radical (unpaired) electrons. The van der Waals surface area contributed by atoms with Crippen molar-refractivity contribution in [2.75, 3.05) is 0 Å². The Hall–Kier alpha value is -1.42. The lowest BCUT2D eigenvalue weighted by molar-refractivity contribution is -0.139. The Morgan fingerprint density at radius 1 is 1.47 bits per heavy atom. The topological polar surface area (TPSA) is 49.3 Å². The number of carboxylic acids is 1. The van der Waals surface area contributed by atoms with E-state index in [0.717, 1.165) is 5.56 Å². The van der Waals surface area contributed by atoms with E-state index in [0.29, 0.717) is 13.0 Å². The molecule has 0 spiro atoms. The molecule has 15 heavy (non-hydrogen) atoms. The zero-order valence-corrected chi connectivity index (χ0v) is 8.53. The minimum absolute atomic E-state index is 0.288. The van der Waals surface area contributed by atoms with Crippen molar-refractivity contribution in [2.24, 2.45) is 0 Å². The minimum Gasteiger partial charge on any atom is -0.480 e. The predicted molar refractivity (Wildman–Crippen MR) is 55.0 cm³/mol. The van der Waals surface area contributed by atoms with Crippen LogP contribution in [-0.2, 0) is 11.3 Å². The highest BCUT2D eigenvalue weighted by Crippen LogP contribution is 2.03. The fourth-order valence-corrected chi connectivity index (χ4v) is 1.25. The highest BCUT2D eigenvalue weighted by molar-refractivity contribution is 5.73. The van der Waals surface area contributed by atoms with Crippen LogP contribution in [0, 0.1) is 5.82 Å². The number of nitrogens with one attached hydrogen (secondary N) is 1. The van der Waals surface area contributed by atoms with Crippen LogP contribution in [0.25, 0.3) is 0 Å². The zero-order chi connectivity index (χ0) is 11.3. The van der Waals surface area contributed by atoms with Gasteiger partial charge in [-0.15, -0.1) is 0 Å². The molecule has 3 nitrogen and oxygen atoms in total. The van der Waals surface area contributed by atoms with Gasteiger partial charge in [0.25, 0.3) is 0 Å². The quantitative estimate of drug-likeness (QED) is 0.780. The first-order chi connectivity index (χ1) is 7.13. The normalized spacial score (nSPS) is 12.4. The second-order valence-electron chi connectivity index (χ2n) is 3.31. The molecule has 2 N–H and O–H groups in total. The van der Waals surface area contributed by atoms with E-state index in [1.54, 1.807) is 19.1 Å². The maximum Gasteiger partial charge on any atom is 0.320 e. The van der Waals surface area contributed by atoms with Crippen LogP contribution in [0.3, 0.4) is 0 Å². The van der Waals surface area contributed by atoms with E-state index in [4.69, 9.17) is 5.11 Å². The molecule has 0 aromatic heterocycles. The van der Waals surface area contributed by atoms with Crippen molar-refractivity contribution in [1.82, 2.24) is 5.32 Å². The van der Waals surface area contributed by atoms with Crippen LogP contribution in [0.15, 0.2) is 24.3 Å². The van der Waals surface area contributed by atoms with E-state index in [2.05, 4.69) is 5.32 Å². The van der Waals surface area contributed by atoms with Gasteiger partial charge in [0.1, 0.15) is 11.9 Å². The highest BCUT2D eigenvalue weighted by atomic mass is 19.1. The minimum atomic E-state index is -0.861. The van der Waals surface area contributed by atoms with Gasteiger partial charge in [-0.05, 0) is 24.1 Å². The Morgan fingerprint density at radius 2 is 2.07 bits per heavy atom. The number of carbonyl (C=O) groups is 1. The molecule has 0 aliphatic rings. The Labute approximate surface area is 87.9 Å². The third-order valence-electron chi connectivity index (χ3n) is 2.17. The maximum atomic E-state index is 12.6. The van der Waals surface area contributed by atoms with Gasteiger partial charge in [-0.1, -0.05) is 19.1 Å². The average molecular weight is 211 g/mol. The van der Waals surface area contributed by atoms with Crippen LogP contribution in [0.5, 0.6) is 0 Å². The average Bonchev–Trinajstić information content (AvgIpc) is 2.21. The summed E-state index contributed by atoms with van der Waals surface area (Å²) in [6.07, 6.45) is 0.524. The van der Waals surface area contributed by atoms with Crippen molar-refractivity contribution in [2.45, 2.75) is 25.9 Å².